The van der Waals surface area contributed by atoms with Crippen LogP contribution in [0, 0.1) is 5.92 Å². The van der Waals surface area contributed by atoms with Crippen LogP contribution in [0.15, 0.2) is 24.3 Å². The van der Waals surface area contributed by atoms with Crippen molar-refractivity contribution in [3.8, 4) is 0 Å². The summed E-state index contributed by atoms with van der Waals surface area (Å²) >= 11 is 0. The van der Waals surface area contributed by atoms with E-state index in [-0.39, 0.29) is 12.4 Å². The van der Waals surface area contributed by atoms with E-state index < -0.39 is 0 Å². The van der Waals surface area contributed by atoms with Crippen molar-refractivity contribution in [1.29, 1.82) is 0 Å². The van der Waals surface area contributed by atoms with Gasteiger partial charge in [-0.15, -0.1) is 12.4 Å². The van der Waals surface area contributed by atoms with Gasteiger partial charge >= 0.3 is 0 Å². The number of aryl methyl sites for hydroxylation is 1. The van der Waals surface area contributed by atoms with Crippen LogP contribution in [0.3, 0.4) is 0 Å². The SMILES string of the molecule is CC1CCc2ccccc2N1CC1CCNCC1.Cl. The number of nitrogens with zero attached hydrogens (tertiary/aromatic N) is 1. The maximum atomic E-state index is 3.46. The highest BCUT2D eigenvalue weighted by Gasteiger charge is 2.25. The minimum absolute atomic E-state index is 0. The van der Waals surface area contributed by atoms with Gasteiger partial charge in [0.2, 0.25) is 0 Å². The Kier molecular flexibility index (Phi) is 5.12. The van der Waals surface area contributed by atoms with Crippen molar-refractivity contribution in [1.82, 2.24) is 5.32 Å². The zero-order chi connectivity index (χ0) is 12.4. The molecule has 1 aromatic rings. The van der Waals surface area contributed by atoms with Crippen molar-refractivity contribution in [3.05, 3.63) is 29.8 Å². The second kappa shape index (κ2) is 6.62. The molecule has 1 fully saturated rings. The number of piperidine rings is 1. The molecule has 106 valence electrons. The number of halogens is 1. The molecule has 2 heterocycles. The normalized spacial score (nSPS) is 23.6. The van der Waals surface area contributed by atoms with Gasteiger partial charge in [0.15, 0.2) is 0 Å². The zero-order valence-corrected chi connectivity index (χ0v) is 12.6. The molecule has 0 aliphatic carbocycles. The highest BCUT2D eigenvalue weighted by molar-refractivity contribution is 5.85. The highest BCUT2D eigenvalue weighted by atomic mass is 35.5. The summed E-state index contributed by atoms with van der Waals surface area (Å²) < 4.78 is 0. The molecule has 1 unspecified atom stereocenters. The average molecular weight is 281 g/mol. The van der Waals surface area contributed by atoms with Gasteiger partial charge in [-0.25, -0.2) is 0 Å². The second-order valence-electron chi connectivity index (χ2n) is 5.86. The first-order valence-corrected chi connectivity index (χ1v) is 7.40. The Balaban J connectivity index is 0.00000133. The molecular formula is C16H25ClN2. The molecular weight excluding hydrogens is 256 g/mol. The third-order valence-corrected chi connectivity index (χ3v) is 4.58. The third kappa shape index (κ3) is 3.24. The van der Waals surface area contributed by atoms with Crippen LogP contribution in [-0.2, 0) is 6.42 Å². The van der Waals surface area contributed by atoms with Gasteiger partial charge < -0.3 is 10.2 Å². The molecule has 3 rings (SSSR count). The van der Waals surface area contributed by atoms with Crippen LogP contribution in [0.25, 0.3) is 0 Å². The van der Waals surface area contributed by atoms with Gasteiger partial charge in [-0.2, -0.15) is 0 Å². The van der Waals surface area contributed by atoms with Gasteiger partial charge in [-0.05, 0) is 63.2 Å². The minimum atomic E-state index is 0. The van der Waals surface area contributed by atoms with Gasteiger partial charge in [0, 0.05) is 18.3 Å². The molecule has 2 aliphatic heterocycles. The summed E-state index contributed by atoms with van der Waals surface area (Å²) in [5.41, 5.74) is 3.04. The molecule has 0 aromatic heterocycles. The van der Waals surface area contributed by atoms with E-state index in [1.165, 1.54) is 51.0 Å². The molecule has 0 bridgehead atoms. The fourth-order valence-electron chi connectivity index (χ4n) is 3.38. The van der Waals surface area contributed by atoms with E-state index in [1.807, 2.05) is 0 Å². The first-order chi connectivity index (χ1) is 8.84. The van der Waals surface area contributed by atoms with E-state index in [4.69, 9.17) is 0 Å². The van der Waals surface area contributed by atoms with Gasteiger partial charge in [0.05, 0.1) is 0 Å². The maximum Gasteiger partial charge on any atom is 0.0401 e. The summed E-state index contributed by atoms with van der Waals surface area (Å²) in [6.45, 7) is 6.04. The van der Waals surface area contributed by atoms with E-state index in [9.17, 15) is 0 Å². The Morgan fingerprint density at radius 3 is 2.68 bits per heavy atom. The van der Waals surface area contributed by atoms with Crippen LogP contribution in [0.1, 0.15) is 31.7 Å². The molecule has 2 aliphatic rings. The summed E-state index contributed by atoms with van der Waals surface area (Å²) in [4.78, 5) is 2.66. The predicted octanol–water partition coefficient (Wildman–Crippen LogP) is 3.25. The fourth-order valence-corrected chi connectivity index (χ4v) is 3.38. The van der Waals surface area contributed by atoms with Crippen LogP contribution in [0.4, 0.5) is 5.69 Å². The molecule has 2 nitrogen and oxygen atoms in total. The van der Waals surface area contributed by atoms with Gasteiger partial charge in [-0.1, -0.05) is 18.2 Å². The van der Waals surface area contributed by atoms with Crippen LogP contribution >= 0.6 is 12.4 Å². The Hall–Kier alpha value is -0.730. The van der Waals surface area contributed by atoms with Crippen LogP contribution in [0.5, 0.6) is 0 Å². The van der Waals surface area contributed by atoms with E-state index >= 15 is 0 Å². The van der Waals surface area contributed by atoms with E-state index in [0.717, 1.165) is 5.92 Å². The molecule has 1 atom stereocenters. The molecule has 19 heavy (non-hydrogen) atoms. The number of fused-ring (bicyclic) bond motifs is 1. The summed E-state index contributed by atoms with van der Waals surface area (Å²) in [5.74, 6) is 0.875. The molecule has 0 radical (unpaired) electrons. The summed E-state index contributed by atoms with van der Waals surface area (Å²) in [6, 6.07) is 9.68. The molecule has 1 N–H and O–H groups in total. The highest BCUT2D eigenvalue weighted by Crippen LogP contribution is 2.31. The number of hydrogen-bond donors (Lipinski definition) is 1. The second-order valence-corrected chi connectivity index (χ2v) is 5.86. The largest absolute Gasteiger partial charge is 0.368 e. The molecule has 0 saturated carbocycles. The number of nitrogens with one attached hydrogen (secondary N) is 1. The Morgan fingerprint density at radius 2 is 1.89 bits per heavy atom. The van der Waals surface area contributed by atoms with Gasteiger partial charge in [0.25, 0.3) is 0 Å². The van der Waals surface area contributed by atoms with Crippen molar-refractivity contribution < 1.29 is 0 Å². The lowest BCUT2D eigenvalue weighted by atomic mass is 9.92. The topological polar surface area (TPSA) is 15.3 Å². The van der Waals surface area contributed by atoms with Crippen LogP contribution < -0.4 is 10.2 Å². The average Bonchev–Trinajstić information content (AvgIpc) is 2.43. The Bertz CT molecular complexity index is 401. The number of benzene rings is 1. The first-order valence-electron chi connectivity index (χ1n) is 7.40. The predicted molar refractivity (Wildman–Crippen MR) is 84.4 cm³/mol. The Morgan fingerprint density at radius 1 is 1.16 bits per heavy atom. The van der Waals surface area contributed by atoms with Gasteiger partial charge in [-0.3, -0.25) is 0 Å². The molecule has 1 aromatic carbocycles. The first kappa shape index (κ1) is 14.7. The Labute approximate surface area is 123 Å². The van der Waals surface area contributed by atoms with Crippen LogP contribution in [0.2, 0.25) is 0 Å². The van der Waals surface area contributed by atoms with E-state index in [1.54, 1.807) is 5.56 Å². The monoisotopic (exact) mass is 280 g/mol. The lowest BCUT2D eigenvalue weighted by Crippen LogP contribution is -2.43. The van der Waals surface area contributed by atoms with E-state index in [0.29, 0.717) is 6.04 Å². The quantitative estimate of drug-likeness (QED) is 0.895. The van der Waals surface area contributed by atoms with Crippen molar-refractivity contribution in [2.75, 3.05) is 24.5 Å². The summed E-state index contributed by atoms with van der Waals surface area (Å²) in [6.07, 6.45) is 5.23. The van der Waals surface area contributed by atoms with Crippen molar-refractivity contribution in [3.63, 3.8) is 0 Å². The fraction of sp³-hybridized carbons (Fsp3) is 0.625. The zero-order valence-electron chi connectivity index (χ0n) is 11.8. The number of anilines is 1. The molecule has 0 amide bonds. The smallest absolute Gasteiger partial charge is 0.0401 e. The lowest BCUT2D eigenvalue weighted by Gasteiger charge is -2.40. The summed E-state index contributed by atoms with van der Waals surface area (Å²) in [7, 11) is 0. The third-order valence-electron chi connectivity index (χ3n) is 4.58. The van der Waals surface area contributed by atoms with Crippen LogP contribution in [-0.4, -0.2) is 25.7 Å². The van der Waals surface area contributed by atoms with Crippen molar-refractivity contribution in [2.24, 2.45) is 5.92 Å². The van der Waals surface area contributed by atoms with Gasteiger partial charge in [0.1, 0.15) is 0 Å². The van der Waals surface area contributed by atoms with Crippen molar-refractivity contribution >= 4 is 18.1 Å². The molecule has 3 heteroatoms. The maximum absolute atomic E-state index is 3.46. The molecule has 1 saturated heterocycles. The standard InChI is InChI=1S/C16H24N2.ClH/c1-13-6-7-15-4-2-3-5-16(15)18(13)12-14-8-10-17-11-9-14;/h2-5,13-14,17H,6-12H2,1H3;1H. The van der Waals surface area contributed by atoms with E-state index in [2.05, 4.69) is 41.4 Å². The number of rotatable bonds is 2. The minimum Gasteiger partial charge on any atom is -0.368 e. The summed E-state index contributed by atoms with van der Waals surface area (Å²) in [5, 5.41) is 3.46. The molecule has 0 spiro atoms. The number of para-hydroxylation sites is 1. The van der Waals surface area contributed by atoms with Crippen molar-refractivity contribution in [2.45, 2.75) is 38.6 Å². The lowest BCUT2D eigenvalue weighted by molar-refractivity contribution is 0.360. The number of hydrogen-bond acceptors (Lipinski definition) is 2.